The van der Waals surface area contributed by atoms with Crippen LogP contribution in [0, 0.1) is 0 Å². The molecule has 21 heavy (non-hydrogen) atoms. The predicted octanol–water partition coefficient (Wildman–Crippen LogP) is 1.64. The molecule has 0 N–H and O–H groups in total. The predicted molar refractivity (Wildman–Crippen MR) is 82.5 cm³/mol. The summed E-state index contributed by atoms with van der Waals surface area (Å²) in [5.41, 5.74) is 0. The van der Waals surface area contributed by atoms with Gasteiger partial charge < -0.3 is 9.80 Å². The molecule has 0 radical (unpaired) electrons. The SMILES string of the molecule is C[C@H](C(=O)N1CCCN(c2nccs2)CC1)n1cccn1. The summed E-state index contributed by atoms with van der Waals surface area (Å²) < 4.78 is 1.71. The standard InChI is InChI=1S/C14H19N5OS/c1-12(19-8-2-4-16-19)13(20)17-6-3-7-18(10-9-17)14-15-5-11-21-14/h2,4-5,8,11-12H,3,6-7,9-10H2,1H3/t12-/m1/s1. The lowest BCUT2D eigenvalue weighted by Crippen LogP contribution is -2.39. The van der Waals surface area contributed by atoms with Crippen molar-refractivity contribution in [3.05, 3.63) is 30.0 Å². The highest BCUT2D eigenvalue weighted by Gasteiger charge is 2.25. The van der Waals surface area contributed by atoms with Crippen molar-refractivity contribution in [1.82, 2.24) is 19.7 Å². The van der Waals surface area contributed by atoms with Gasteiger partial charge in [-0.05, 0) is 19.4 Å². The smallest absolute Gasteiger partial charge is 0.247 e. The molecule has 112 valence electrons. The largest absolute Gasteiger partial charge is 0.346 e. The fourth-order valence-corrected chi connectivity index (χ4v) is 3.29. The van der Waals surface area contributed by atoms with Crippen LogP contribution in [0.25, 0.3) is 0 Å². The van der Waals surface area contributed by atoms with E-state index in [-0.39, 0.29) is 11.9 Å². The number of thiazole rings is 1. The monoisotopic (exact) mass is 305 g/mol. The van der Waals surface area contributed by atoms with Gasteiger partial charge in [-0.1, -0.05) is 0 Å². The van der Waals surface area contributed by atoms with Crippen LogP contribution in [-0.2, 0) is 4.79 Å². The number of amides is 1. The van der Waals surface area contributed by atoms with Gasteiger partial charge in [-0.2, -0.15) is 5.10 Å². The summed E-state index contributed by atoms with van der Waals surface area (Å²) >= 11 is 1.65. The highest BCUT2D eigenvalue weighted by molar-refractivity contribution is 7.13. The third kappa shape index (κ3) is 3.07. The Morgan fingerprint density at radius 3 is 2.90 bits per heavy atom. The molecule has 0 aliphatic carbocycles. The summed E-state index contributed by atoms with van der Waals surface area (Å²) in [5.74, 6) is 0.139. The van der Waals surface area contributed by atoms with Crippen LogP contribution in [0.15, 0.2) is 30.0 Å². The first kappa shape index (κ1) is 14.1. The quantitative estimate of drug-likeness (QED) is 0.865. The van der Waals surface area contributed by atoms with Gasteiger partial charge in [0.1, 0.15) is 6.04 Å². The molecular weight excluding hydrogens is 286 g/mol. The van der Waals surface area contributed by atoms with Crippen LogP contribution in [0.4, 0.5) is 5.13 Å². The van der Waals surface area contributed by atoms with E-state index in [9.17, 15) is 4.79 Å². The molecule has 2 aromatic heterocycles. The van der Waals surface area contributed by atoms with Crippen molar-refractivity contribution < 1.29 is 4.79 Å². The highest BCUT2D eigenvalue weighted by atomic mass is 32.1. The zero-order chi connectivity index (χ0) is 14.7. The number of nitrogens with zero attached hydrogens (tertiary/aromatic N) is 5. The summed E-state index contributed by atoms with van der Waals surface area (Å²) in [6, 6.07) is 1.60. The summed E-state index contributed by atoms with van der Waals surface area (Å²) in [7, 11) is 0. The van der Waals surface area contributed by atoms with Gasteiger partial charge in [-0.25, -0.2) is 4.98 Å². The Bertz CT molecular complexity index is 568. The number of carbonyl (C=O) groups is 1. The lowest BCUT2D eigenvalue weighted by Gasteiger charge is -2.24. The Morgan fingerprint density at radius 2 is 2.19 bits per heavy atom. The zero-order valence-corrected chi connectivity index (χ0v) is 12.9. The van der Waals surface area contributed by atoms with Crippen molar-refractivity contribution in [2.24, 2.45) is 0 Å². The Kier molecular flexibility index (Phi) is 4.19. The van der Waals surface area contributed by atoms with Gasteiger partial charge >= 0.3 is 0 Å². The van der Waals surface area contributed by atoms with Crippen LogP contribution in [0.1, 0.15) is 19.4 Å². The maximum Gasteiger partial charge on any atom is 0.247 e. The summed E-state index contributed by atoms with van der Waals surface area (Å²) in [5, 5.41) is 7.20. The minimum atomic E-state index is -0.244. The Balaban J connectivity index is 1.63. The maximum atomic E-state index is 12.6. The fourth-order valence-electron chi connectivity index (χ4n) is 2.59. The van der Waals surface area contributed by atoms with Crippen LogP contribution in [0.3, 0.4) is 0 Å². The lowest BCUT2D eigenvalue weighted by molar-refractivity contribution is -0.134. The van der Waals surface area contributed by atoms with Gasteiger partial charge in [0.05, 0.1) is 0 Å². The molecule has 1 aliphatic heterocycles. The molecule has 3 heterocycles. The number of anilines is 1. The summed E-state index contributed by atoms with van der Waals surface area (Å²) in [6.45, 7) is 5.23. The van der Waals surface area contributed by atoms with Crippen LogP contribution >= 0.6 is 11.3 Å². The second kappa shape index (κ2) is 6.26. The van der Waals surface area contributed by atoms with E-state index in [1.165, 1.54) is 0 Å². The van der Waals surface area contributed by atoms with E-state index in [4.69, 9.17) is 0 Å². The Morgan fingerprint density at radius 1 is 1.29 bits per heavy atom. The van der Waals surface area contributed by atoms with Gasteiger partial charge in [0, 0.05) is 50.1 Å². The molecule has 0 saturated carbocycles. The van der Waals surface area contributed by atoms with Crippen molar-refractivity contribution in [3.63, 3.8) is 0 Å². The molecule has 2 aromatic rings. The maximum absolute atomic E-state index is 12.6. The van der Waals surface area contributed by atoms with Crippen molar-refractivity contribution >= 4 is 22.4 Å². The average molecular weight is 305 g/mol. The van der Waals surface area contributed by atoms with Gasteiger partial charge in [-0.15, -0.1) is 11.3 Å². The molecule has 1 saturated heterocycles. The highest BCUT2D eigenvalue weighted by Crippen LogP contribution is 2.20. The van der Waals surface area contributed by atoms with E-state index in [0.29, 0.717) is 0 Å². The van der Waals surface area contributed by atoms with Crippen molar-refractivity contribution in [1.29, 1.82) is 0 Å². The molecule has 1 fully saturated rings. The molecule has 1 amide bonds. The normalized spacial score (nSPS) is 17.6. The number of aromatic nitrogens is 3. The number of hydrogen-bond donors (Lipinski definition) is 0. The second-order valence-corrected chi connectivity index (χ2v) is 6.02. The summed E-state index contributed by atoms with van der Waals surface area (Å²) in [4.78, 5) is 21.1. The van der Waals surface area contributed by atoms with Crippen LogP contribution in [-0.4, -0.2) is 51.8 Å². The molecule has 3 rings (SSSR count). The first-order valence-corrected chi connectivity index (χ1v) is 8.06. The molecule has 0 bridgehead atoms. The first-order chi connectivity index (χ1) is 10.3. The van der Waals surface area contributed by atoms with E-state index in [0.717, 1.165) is 37.7 Å². The third-order valence-corrected chi connectivity index (χ3v) is 4.61. The fraction of sp³-hybridized carbons (Fsp3) is 0.500. The van der Waals surface area contributed by atoms with Crippen LogP contribution in [0.5, 0.6) is 0 Å². The zero-order valence-electron chi connectivity index (χ0n) is 12.1. The summed E-state index contributed by atoms with van der Waals surface area (Å²) in [6.07, 6.45) is 6.34. The molecule has 0 aromatic carbocycles. The van der Waals surface area contributed by atoms with Gasteiger partial charge in [-0.3, -0.25) is 9.48 Å². The van der Waals surface area contributed by atoms with E-state index < -0.39 is 0 Å². The van der Waals surface area contributed by atoms with E-state index in [2.05, 4.69) is 15.0 Å². The van der Waals surface area contributed by atoms with Crippen LogP contribution in [0.2, 0.25) is 0 Å². The average Bonchev–Trinajstić information content (AvgIpc) is 3.16. The van der Waals surface area contributed by atoms with E-state index >= 15 is 0 Å². The van der Waals surface area contributed by atoms with E-state index in [1.807, 2.05) is 35.7 Å². The molecule has 7 heteroatoms. The molecular formula is C14H19N5OS. The van der Waals surface area contributed by atoms with Gasteiger partial charge in [0.25, 0.3) is 0 Å². The van der Waals surface area contributed by atoms with Crippen LogP contribution < -0.4 is 4.90 Å². The second-order valence-electron chi connectivity index (χ2n) is 5.14. The minimum absolute atomic E-state index is 0.139. The number of rotatable bonds is 3. The van der Waals surface area contributed by atoms with Crippen molar-refractivity contribution in [2.75, 3.05) is 31.1 Å². The van der Waals surface area contributed by atoms with Crippen molar-refractivity contribution in [2.45, 2.75) is 19.4 Å². The van der Waals surface area contributed by atoms with Gasteiger partial charge in [0.15, 0.2) is 5.13 Å². The first-order valence-electron chi connectivity index (χ1n) is 7.18. The molecule has 1 aliphatic rings. The Labute approximate surface area is 128 Å². The molecule has 0 spiro atoms. The number of carbonyl (C=O) groups excluding carboxylic acids is 1. The third-order valence-electron chi connectivity index (χ3n) is 3.78. The molecule has 1 atom stereocenters. The van der Waals surface area contributed by atoms with Gasteiger partial charge in [0.2, 0.25) is 5.91 Å². The minimum Gasteiger partial charge on any atom is -0.346 e. The number of hydrogen-bond acceptors (Lipinski definition) is 5. The molecule has 6 nitrogen and oxygen atoms in total. The Hall–Kier alpha value is -1.89. The van der Waals surface area contributed by atoms with E-state index in [1.54, 1.807) is 22.2 Å². The topological polar surface area (TPSA) is 54.3 Å². The molecule has 0 unspecified atom stereocenters. The van der Waals surface area contributed by atoms with Crippen molar-refractivity contribution in [3.8, 4) is 0 Å². The lowest BCUT2D eigenvalue weighted by atomic mass is 10.2.